The van der Waals surface area contributed by atoms with Crippen molar-refractivity contribution in [3.05, 3.63) is 35.5 Å². The molecule has 0 aliphatic carbocycles. The number of nitrogens with one attached hydrogen (secondary N) is 1. The average molecular weight is 316 g/mol. The second-order valence-corrected chi connectivity index (χ2v) is 6.06. The number of aromatic amines is 1. The van der Waals surface area contributed by atoms with Crippen LogP contribution in [0.2, 0.25) is 0 Å². The first-order valence-corrected chi connectivity index (χ1v) is 7.67. The summed E-state index contributed by atoms with van der Waals surface area (Å²) in [6.07, 6.45) is 0.878. The van der Waals surface area contributed by atoms with Crippen molar-refractivity contribution in [1.82, 2.24) is 9.88 Å². The Morgan fingerprint density at radius 2 is 2.17 bits per heavy atom. The third-order valence-corrected chi connectivity index (χ3v) is 4.24. The van der Waals surface area contributed by atoms with Crippen molar-refractivity contribution in [3.63, 3.8) is 0 Å². The Balaban J connectivity index is 1.78. The number of para-hydroxylation sites is 1. The Hall–Kier alpha value is -2.34. The standard InChI is InChI=1S/C17H20N2O4/c1-10-4-3-5-13-12(7-18-16(10)13)6-15(20)19-8-11(2)23-14(9-19)17(21)22/h3-5,7,11,14,18H,6,8-9H2,1-2H3,(H,21,22)/t11-,14?/m1/s1. The van der Waals surface area contributed by atoms with Crippen molar-refractivity contribution < 1.29 is 19.4 Å². The van der Waals surface area contributed by atoms with Crippen LogP contribution in [0, 0.1) is 6.92 Å². The quantitative estimate of drug-likeness (QED) is 0.903. The Kier molecular flexibility index (Phi) is 4.09. The molecule has 0 spiro atoms. The lowest BCUT2D eigenvalue weighted by Crippen LogP contribution is -2.52. The zero-order valence-corrected chi connectivity index (χ0v) is 13.2. The van der Waals surface area contributed by atoms with Crippen LogP contribution in [-0.4, -0.2) is 52.2 Å². The van der Waals surface area contributed by atoms with Gasteiger partial charge < -0.3 is 19.7 Å². The lowest BCUT2D eigenvalue weighted by molar-refractivity contribution is -0.166. The summed E-state index contributed by atoms with van der Waals surface area (Å²) >= 11 is 0. The third kappa shape index (κ3) is 3.07. The van der Waals surface area contributed by atoms with Crippen LogP contribution in [0.5, 0.6) is 0 Å². The summed E-state index contributed by atoms with van der Waals surface area (Å²) < 4.78 is 5.35. The summed E-state index contributed by atoms with van der Waals surface area (Å²) in [5.41, 5.74) is 3.10. The van der Waals surface area contributed by atoms with E-state index in [2.05, 4.69) is 4.98 Å². The normalized spacial score (nSPS) is 21.6. The van der Waals surface area contributed by atoms with Gasteiger partial charge in [-0.15, -0.1) is 0 Å². The summed E-state index contributed by atoms with van der Waals surface area (Å²) in [6.45, 7) is 4.32. The molecule has 1 amide bonds. The number of ether oxygens (including phenoxy) is 1. The van der Waals surface area contributed by atoms with Crippen molar-refractivity contribution in [2.75, 3.05) is 13.1 Å². The van der Waals surface area contributed by atoms with Crippen LogP contribution in [-0.2, 0) is 20.7 Å². The number of nitrogens with zero attached hydrogens (tertiary/aromatic N) is 1. The number of carboxylic acids is 1. The number of rotatable bonds is 3. The van der Waals surface area contributed by atoms with Gasteiger partial charge in [-0.3, -0.25) is 4.79 Å². The zero-order chi connectivity index (χ0) is 16.6. The predicted octanol–water partition coefficient (Wildman–Crippen LogP) is 1.72. The zero-order valence-electron chi connectivity index (χ0n) is 13.2. The van der Waals surface area contributed by atoms with Gasteiger partial charge in [0.15, 0.2) is 6.10 Å². The van der Waals surface area contributed by atoms with Crippen LogP contribution in [0.15, 0.2) is 24.4 Å². The van der Waals surface area contributed by atoms with Crippen LogP contribution in [0.1, 0.15) is 18.1 Å². The Labute approximate surface area is 134 Å². The van der Waals surface area contributed by atoms with Gasteiger partial charge in [0.05, 0.1) is 19.1 Å². The molecule has 2 N–H and O–H groups in total. The number of carboxylic acid groups (broad SMARTS) is 1. The fourth-order valence-corrected chi connectivity index (χ4v) is 3.08. The number of H-pyrrole nitrogens is 1. The Bertz CT molecular complexity index is 752. The Morgan fingerprint density at radius 3 is 2.91 bits per heavy atom. The van der Waals surface area contributed by atoms with Gasteiger partial charge in [-0.25, -0.2) is 4.79 Å². The number of carbonyl (C=O) groups is 2. The molecule has 23 heavy (non-hydrogen) atoms. The largest absolute Gasteiger partial charge is 0.479 e. The van der Waals surface area contributed by atoms with Gasteiger partial charge in [0.1, 0.15) is 0 Å². The van der Waals surface area contributed by atoms with Crippen LogP contribution in [0.4, 0.5) is 0 Å². The molecule has 1 saturated heterocycles. The van der Waals surface area contributed by atoms with E-state index in [9.17, 15) is 9.59 Å². The highest BCUT2D eigenvalue weighted by Gasteiger charge is 2.32. The summed E-state index contributed by atoms with van der Waals surface area (Å²) in [6, 6.07) is 5.98. The van der Waals surface area contributed by atoms with E-state index in [1.807, 2.05) is 31.3 Å². The van der Waals surface area contributed by atoms with Gasteiger partial charge >= 0.3 is 5.97 Å². The number of aryl methyl sites for hydroxylation is 1. The molecule has 0 bridgehead atoms. The maximum absolute atomic E-state index is 12.6. The highest BCUT2D eigenvalue weighted by atomic mass is 16.5. The highest BCUT2D eigenvalue weighted by Crippen LogP contribution is 2.22. The van der Waals surface area contributed by atoms with Gasteiger partial charge in [-0.2, -0.15) is 0 Å². The van der Waals surface area contributed by atoms with Crippen molar-refractivity contribution in [2.24, 2.45) is 0 Å². The molecule has 1 aliphatic heterocycles. The molecule has 6 nitrogen and oxygen atoms in total. The van der Waals surface area contributed by atoms with Gasteiger partial charge in [0.2, 0.25) is 5.91 Å². The predicted molar refractivity (Wildman–Crippen MR) is 85.3 cm³/mol. The number of aliphatic carboxylic acids is 1. The van der Waals surface area contributed by atoms with Gasteiger partial charge in [-0.05, 0) is 25.0 Å². The van der Waals surface area contributed by atoms with E-state index in [4.69, 9.17) is 9.84 Å². The van der Waals surface area contributed by atoms with E-state index in [1.165, 1.54) is 0 Å². The number of benzene rings is 1. The van der Waals surface area contributed by atoms with E-state index in [0.29, 0.717) is 6.54 Å². The van der Waals surface area contributed by atoms with Gasteiger partial charge in [0, 0.05) is 23.6 Å². The van der Waals surface area contributed by atoms with Crippen LogP contribution in [0.25, 0.3) is 10.9 Å². The van der Waals surface area contributed by atoms with Crippen molar-refractivity contribution >= 4 is 22.8 Å². The smallest absolute Gasteiger partial charge is 0.334 e. The van der Waals surface area contributed by atoms with Crippen molar-refractivity contribution in [3.8, 4) is 0 Å². The number of aromatic nitrogens is 1. The minimum Gasteiger partial charge on any atom is -0.479 e. The van der Waals surface area contributed by atoms with Gasteiger partial charge in [-0.1, -0.05) is 18.2 Å². The molecule has 0 saturated carbocycles. The molecule has 1 unspecified atom stereocenters. The summed E-state index contributed by atoms with van der Waals surface area (Å²) in [5, 5.41) is 10.2. The minimum atomic E-state index is -1.03. The molecule has 1 aromatic heterocycles. The summed E-state index contributed by atoms with van der Waals surface area (Å²) in [7, 11) is 0. The van der Waals surface area contributed by atoms with Gasteiger partial charge in [0.25, 0.3) is 0 Å². The molecule has 1 aliphatic rings. The van der Waals surface area contributed by atoms with Crippen LogP contribution in [0.3, 0.4) is 0 Å². The van der Waals surface area contributed by atoms with E-state index < -0.39 is 12.1 Å². The van der Waals surface area contributed by atoms with Crippen molar-refractivity contribution in [2.45, 2.75) is 32.5 Å². The number of carbonyl (C=O) groups excluding carboxylic acids is 1. The van der Waals surface area contributed by atoms with E-state index in [1.54, 1.807) is 11.8 Å². The molecule has 1 aromatic carbocycles. The molecule has 122 valence electrons. The minimum absolute atomic E-state index is 0.0752. The molecule has 6 heteroatoms. The highest BCUT2D eigenvalue weighted by molar-refractivity contribution is 5.90. The first kappa shape index (κ1) is 15.6. The molecule has 0 radical (unpaired) electrons. The second-order valence-electron chi connectivity index (χ2n) is 6.06. The SMILES string of the molecule is Cc1cccc2c(CC(=O)N3CC(C(=O)O)O[C@H](C)C3)c[nH]c12. The summed E-state index contributed by atoms with van der Waals surface area (Å²) in [4.78, 5) is 28.5. The molecule has 2 heterocycles. The fraction of sp³-hybridized carbons (Fsp3) is 0.412. The maximum atomic E-state index is 12.6. The summed E-state index contributed by atoms with van der Waals surface area (Å²) in [5.74, 6) is -1.11. The maximum Gasteiger partial charge on any atom is 0.334 e. The lowest BCUT2D eigenvalue weighted by Gasteiger charge is -2.35. The Morgan fingerprint density at radius 1 is 1.39 bits per heavy atom. The number of fused-ring (bicyclic) bond motifs is 1. The monoisotopic (exact) mass is 316 g/mol. The lowest BCUT2D eigenvalue weighted by atomic mass is 10.1. The molecular formula is C17H20N2O4. The number of morpholine rings is 1. The fourth-order valence-electron chi connectivity index (χ4n) is 3.08. The second kappa shape index (κ2) is 6.04. The average Bonchev–Trinajstić information content (AvgIpc) is 2.91. The molecule has 3 rings (SSSR count). The number of hydrogen-bond donors (Lipinski definition) is 2. The topological polar surface area (TPSA) is 82.6 Å². The molecule has 2 aromatic rings. The molecular weight excluding hydrogens is 296 g/mol. The number of amides is 1. The van der Waals surface area contributed by atoms with Crippen molar-refractivity contribution in [1.29, 1.82) is 0 Å². The van der Waals surface area contributed by atoms with Crippen LogP contribution >= 0.6 is 0 Å². The number of hydrogen-bond acceptors (Lipinski definition) is 3. The molecule has 1 fully saturated rings. The van der Waals surface area contributed by atoms with E-state index in [0.717, 1.165) is 22.0 Å². The van der Waals surface area contributed by atoms with E-state index in [-0.39, 0.29) is 25.0 Å². The van der Waals surface area contributed by atoms with Crippen LogP contribution < -0.4 is 0 Å². The third-order valence-electron chi connectivity index (χ3n) is 4.24. The van der Waals surface area contributed by atoms with E-state index >= 15 is 0 Å². The molecule has 2 atom stereocenters. The first-order chi connectivity index (χ1) is 11.0. The first-order valence-electron chi connectivity index (χ1n) is 7.67.